The van der Waals surface area contributed by atoms with E-state index in [1.54, 1.807) is 12.1 Å². The molecule has 2 aromatic rings. The maximum atomic E-state index is 5.42. The van der Waals surface area contributed by atoms with Crippen LogP contribution in [0.15, 0.2) is 12.1 Å². The summed E-state index contributed by atoms with van der Waals surface area (Å²) in [6, 6.07) is 3.45. The van der Waals surface area contributed by atoms with E-state index >= 15 is 0 Å². The highest BCUT2D eigenvalue weighted by Gasteiger charge is 2.10. The van der Waals surface area contributed by atoms with Crippen molar-refractivity contribution >= 4 is 5.82 Å². The number of nitrogens with two attached hydrogens (primary N) is 1. The normalized spacial score (nSPS) is 10.2. The molecule has 18 heavy (non-hydrogen) atoms. The van der Waals surface area contributed by atoms with Crippen LogP contribution in [0.3, 0.4) is 0 Å². The third kappa shape index (κ3) is 2.21. The molecule has 0 fully saturated rings. The van der Waals surface area contributed by atoms with Gasteiger partial charge in [0.25, 0.3) is 0 Å². The molecule has 0 spiro atoms. The second-order valence-corrected chi connectivity index (χ2v) is 3.71. The molecular formula is C11H14N6O. The lowest BCUT2D eigenvalue weighted by Gasteiger charge is -2.08. The number of hydrogen-bond acceptors (Lipinski definition) is 7. The first kappa shape index (κ1) is 12.2. The van der Waals surface area contributed by atoms with Crippen LogP contribution in [0.4, 0.5) is 5.82 Å². The molecule has 7 nitrogen and oxygen atoms in total. The Hall–Kier alpha value is -2.28. The summed E-state index contributed by atoms with van der Waals surface area (Å²) in [5.74, 6) is 6.91. The summed E-state index contributed by atoms with van der Waals surface area (Å²) in [5, 5.41) is 7.87. The molecule has 0 amide bonds. The summed E-state index contributed by atoms with van der Waals surface area (Å²) >= 11 is 0. The van der Waals surface area contributed by atoms with Gasteiger partial charge in [0.1, 0.15) is 11.5 Å². The van der Waals surface area contributed by atoms with Crippen molar-refractivity contribution in [2.75, 3.05) is 12.5 Å². The van der Waals surface area contributed by atoms with Gasteiger partial charge in [-0.25, -0.2) is 15.8 Å². The molecule has 2 aromatic heterocycles. The van der Waals surface area contributed by atoms with Gasteiger partial charge < -0.3 is 10.2 Å². The van der Waals surface area contributed by atoms with Crippen molar-refractivity contribution in [2.24, 2.45) is 5.84 Å². The molecule has 0 saturated heterocycles. The molecule has 0 radical (unpaired) electrons. The molecule has 7 heteroatoms. The van der Waals surface area contributed by atoms with Crippen LogP contribution in [0.2, 0.25) is 0 Å². The number of anilines is 1. The number of hydrazine groups is 1. The minimum atomic E-state index is 0.444. The van der Waals surface area contributed by atoms with E-state index in [0.29, 0.717) is 23.2 Å². The Morgan fingerprint density at radius 2 is 1.94 bits per heavy atom. The van der Waals surface area contributed by atoms with Gasteiger partial charge >= 0.3 is 0 Å². The van der Waals surface area contributed by atoms with Crippen molar-refractivity contribution in [1.29, 1.82) is 0 Å². The molecule has 0 bridgehead atoms. The van der Waals surface area contributed by atoms with Crippen molar-refractivity contribution in [2.45, 2.75) is 13.8 Å². The number of ether oxygens (including phenoxy) is 1. The van der Waals surface area contributed by atoms with E-state index in [-0.39, 0.29) is 0 Å². The van der Waals surface area contributed by atoms with E-state index < -0.39 is 0 Å². The fourth-order valence-electron chi connectivity index (χ4n) is 1.43. The van der Waals surface area contributed by atoms with E-state index in [1.165, 1.54) is 7.11 Å². The second-order valence-electron chi connectivity index (χ2n) is 3.71. The summed E-state index contributed by atoms with van der Waals surface area (Å²) in [5.41, 5.74) is 4.85. The molecule has 0 aliphatic rings. The molecule has 0 atom stereocenters. The topological polar surface area (TPSA) is 98.8 Å². The molecule has 0 aliphatic heterocycles. The zero-order chi connectivity index (χ0) is 13.1. The van der Waals surface area contributed by atoms with E-state index in [0.717, 1.165) is 11.3 Å². The van der Waals surface area contributed by atoms with Crippen LogP contribution in [0.25, 0.3) is 11.5 Å². The number of rotatable bonds is 3. The Kier molecular flexibility index (Phi) is 3.33. The minimum absolute atomic E-state index is 0.444. The zero-order valence-corrected chi connectivity index (χ0v) is 10.4. The third-order valence-electron chi connectivity index (χ3n) is 2.60. The molecule has 0 saturated carbocycles. The predicted molar refractivity (Wildman–Crippen MR) is 66.9 cm³/mol. The predicted octanol–water partition coefficient (Wildman–Crippen LogP) is 0.845. The molecule has 0 aliphatic carbocycles. The van der Waals surface area contributed by atoms with Gasteiger partial charge in [-0.05, 0) is 19.9 Å². The lowest BCUT2D eigenvalue weighted by molar-refractivity contribution is 0.392. The first-order valence-corrected chi connectivity index (χ1v) is 5.35. The van der Waals surface area contributed by atoms with Gasteiger partial charge in [-0.2, -0.15) is 0 Å². The Balaban J connectivity index is 2.46. The monoisotopic (exact) mass is 246 g/mol. The summed E-state index contributed by atoms with van der Waals surface area (Å²) in [6.07, 6.45) is 0. The van der Waals surface area contributed by atoms with Crippen LogP contribution in [0.5, 0.6) is 5.88 Å². The molecule has 2 rings (SSSR count). The largest absolute Gasteiger partial charge is 0.480 e. The summed E-state index contributed by atoms with van der Waals surface area (Å²) < 4.78 is 4.95. The molecule has 3 N–H and O–H groups in total. The fraction of sp³-hybridized carbons (Fsp3) is 0.273. The highest BCUT2D eigenvalue weighted by molar-refractivity contribution is 5.55. The second kappa shape index (κ2) is 4.92. The number of nitrogen functional groups attached to an aromatic ring is 1. The molecule has 0 unspecified atom stereocenters. The average molecular weight is 246 g/mol. The fourth-order valence-corrected chi connectivity index (χ4v) is 1.43. The first-order valence-electron chi connectivity index (χ1n) is 5.35. The minimum Gasteiger partial charge on any atom is -0.480 e. The van der Waals surface area contributed by atoms with Crippen LogP contribution >= 0.6 is 0 Å². The quantitative estimate of drug-likeness (QED) is 0.611. The van der Waals surface area contributed by atoms with E-state index in [2.05, 4.69) is 25.6 Å². The van der Waals surface area contributed by atoms with Crippen molar-refractivity contribution in [3.05, 3.63) is 23.4 Å². The Morgan fingerprint density at radius 1 is 1.17 bits per heavy atom. The Bertz CT molecular complexity index is 554. The van der Waals surface area contributed by atoms with Crippen LogP contribution in [-0.2, 0) is 0 Å². The maximum Gasteiger partial charge on any atom is 0.233 e. The van der Waals surface area contributed by atoms with Crippen LogP contribution in [0, 0.1) is 13.8 Å². The SMILES string of the molecule is COc1ccc(-c2nc(C)c(C)c(NN)n2)nn1. The van der Waals surface area contributed by atoms with Gasteiger partial charge in [-0.3, -0.25) is 0 Å². The molecular weight excluding hydrogens is 232 g/mol. The van der Waals surface area contributed by atoms with E-state index in [4.69, 9.17) is 10.6 Å². The number of hydrogen-bond donors (Lipinski definition) is 2. The van der Waals surface area contributed by atoms with Crippen molar-refractivity contribution in [3.63, 3.8) is 0 Å². The zero-order valence-electron chi connectivity index (χ0n) is 10.4. The Labute approximate surface area is 104 Å². The van der Waals surface area contributed by atoms with Gasteiger partial charge in [0.05, 0.1) is 7.11 Å². The number of nitrogens with one attached hydrogen (secondary N) is 1. The average Bonchev–Trinajstić information content (AvgIpc) is 2.42. The van der Waals surface area contributed by atoms with Gasteiger partial charge in [0.15, 0.2) is 5.82 Å². The van der Waals surface area contributed by atoms with E-state index in [1.807, 2.05) is 13.8 Å². The smallest absolute Gasteiger partial charge is 0.233 e. The lowest BCUT2D eigenvalue weighted by atomic mass is 10.2. The van der Waals surface area contributed by atoms with Gasteiger partial charge in [-0.15, -0.1) is 10.2 Å². The summed E-state index contributed by atoms with van der Waals surface area (Å²) in [6.45, 7) is 3.78. The van der Waals surface area contributed by atoms with Crippen molar-refractivity contribution < 1.29 is 4.74 Å². The first-order chi connectivity index (χ1) is 8.65. The third-order valence-corrected chi connectivity index (χ3v) is 2.60. The lowest BCUT2D eigenvalue weighted by Crippen LogP contribution is -2.12. The highest BCUT2D eigenvalue weighted by Crippen LogP contribution is 2.19. The van der Waals surface area contributed by atoms with Gasteiger partial charge in [0.2, 0.25) is 5.88 Å². The number of methoxy groups -OCH3 is 1. The number of nitrogens with zero attached hydrogens (tertiary/aromatic N) is 4. The standard InChI is InChI=1S/C11H14N6O/c1-6-7(2)13-11(14-10(6)15-12)8-4-5-9(18-3)17-16-8/h4-5H,12H2,1-3H3,(H,13,14,15). The maximum absolute atomic E-state index is 5.42. The van der Waals surface area contributed by atoms with Crippen molar-refractivity contribution in [3.8, 4) is 17.4 Å². The molecule has 0 aromatic carbocycles. The summed E-state index contributed by atoms with van der Waals surface area (Å²) in [4.78, 5) is 8.64. The molecule has 94 valence electrons. The number of aromatic nitrogens is 4. The van der Waals surface area contributed by atoms with Crippen LogP contribution in [0.1, 0.15) is 11.3 Å². The van der Waals surface area contributed by atoms with Crippen LogP contribution in [-0.4, -0.2) is 27.3 Å². The van der Waals surface area contributed by atoms with Gasteiger partial charge in [-0.1, -0.05) is 0 Å². The number of aryl methyl sites for hydroxylation is 1. The summed E-state index contributed by atoms with van der Waals surface area (Å²) in [7, 11) is 1.53. The van der Waals surface area contributed by atoms with Crippen LogP contribution < -0.4 is 16.0 Å². The highest BCUT2D eigenvalue weighted by atomic mass is 16.5. The van der Waals surface area contributed by atoms with E-state index in [9.17, 15) is 0 Å². The van der Waals surface area contributed by atoms with Gasteiger partial charge in [0, 0.05) is 17.3 Å². The Morgan fingerprint density at radius 3 is 2.50 bits per heavy atom. The van der Waals surface area contributed by atoms with Crippen molar-refractivity contribution in [1.82, 2.24) is 20.2 Å². The molecule has 2 heterocycles.